The Kier molecular flexibility index (Phi) is 4.96. The molecule has 0 unspecified atom stereocenters. The van der Waals surface area contributed by atoms with E-state index in [1.807, 2.05) is 0 Å². The van der Waals surface area contributed by atoms with Gasteiger partial charge in [-0.05, 0) is 25.8 Å². The van der Waals surface area contributed by atoms with Crippen molar-refractivity contribution in [3.8, 4) is 0 Å². The molecule has 1 fully saturated rings. The van der Waals surface area contributed by atoms with Crippen molar-refractivity contribution in [3.05, 3.63) is 22.7 Å². The van der Waals surface area contributed by atoms with Crippen LogP contribution in [-0.4, -0.2) is 35.2 Å². The van der Waals surface area contributed by atoms with Gasteiger partial charge in [0.05, 0.1) is 0 Å². The molecule has 0 atom stereocenters. The van der Waals surface area contributed by atoms with E-state index in [0.29, 0.717) is 11.9 Å². The Hall–Kier alpha value is -1.36. The van der Waals surface area contributed by atoms with Gasteiger partial charge in [0.15, 0.2) is 5.82 Å². The van der Waals surface area contributed by atoms with Crippen LogP contribution in [0.25, 0.3) is 0 Å². The van der Waals surface area contributed by atoms with Crippen molar-refractivity contribution in [1.82, 2.24) is 14.9 Å². The average molecular weight is 264 g/mol. The predicted molar refractivity (Wildman–Crippen MR) is 77.7 cm³/mol. The van der Waals surface area contributed by atoms with Gasteiger partial charge in [0.1, 0.15) is 0 Å². The summed E-state index contributed by atoms with van der Waals surface area (Å²) in [5.74, 6) is 0.617. The lowest BCUT2D eigenvalue weighted by Crippen LogP contribution is -2.45. The second kappa shape index (κ2) is 6.70. The molecule has 0 bridgehead atoms. The monoisotopic (exact) mass is 264 g/mol. The van der Waals surface area contributed by atoms with Crippen molar-refractivity contribution >= 4 is 5.82 Å². The van der Waals surface area contributed by atoms with E-state index in [-0.39, 0.29) is 5.56 Å². The van der Waals surface area contributed by atoms with Gasteiger partial charge in [0, 0.05) is 38.1 Å². The van der Waals surface area contributed by atoms with Crippen LogP contribution in [-0.2, 0) is 6.54 Å². The Bertz CT molecular complexity index is 449. The maximum atomic E-state index is 12.3. The summed E-state index contributed by atoms with van der Waals surface area (Å²) in [6.45, 7) is 7.81. The maximum Gasteiger partial charge on any atom is 0.293 e. The molecule has 0 saturated carbocycles. The summed E-state index contributed by atoms with van der Waals surface area (Å²) >= 11 is 0. The van der Waals surface area contributed by atoms with E-state index < -0.39 is 0 Å². The summed E-state index contributed by atoms with van der Waals surface area (Å²) in [6.07, 6.45) is 6.64. The van der Waals surface area contributed by atoms with Gasteiger partial charge in [0.2, 0.25) is 0 Å². The average Bonchev–Trinajstić information content (AvgIpc) is 2.43. The Morgan fingerprint density at radius 2 is 2.11 bits per heavy atom. The number of hydrogen-bond acceptors (Lipinski definition) is 4. The van der Waals surface area contributed by atoms with Crippen LogP contribution in [0.5, 0.6) is 0 Å². The second-order valence-corrected chi connectivity index (χ2v) is 5.07. The van der Waals surface area contributed by atoms with Crippen molar-refractivity contribution < 1.29 is 0 Å². The first kappa shape index (κ1) is 14.1. The number of anilines is 1. The van der Waals surface area contributed by atoms with E-state index in [2.05, 4.69) is 29.0 Å². The van der Waals surface area contributed by atoms with Gasteiger partial charge < -0.3 is 14.8 Å². The number of rotatable bonds is 5. The minimum Gasteiger partial charge on any atom is -0.352 e. The van der Waals surface area contributed by atoms with Crippen molar-refractivity contribution in [1.29, 1.82) is 0 Å². The molecule has 1 aliphatic rings. The molecule has 0 radical (unpaired) electrons. The van der Waals surface area contributed by atoms with E-state index in [4.69, 9.17) is 0 Å². The highest BCUT2D eigenvalue weighted by atomic mass is 16.1. The van der Waals surface area contributed by atoms with Crippen LogP contribution in [0.4, 0.5) is 5.82 Å². The van der Waals surface area contributed by atoms with Crippen LogP contribution >= 0.6 is 0 Å². The molecule has 1 aromatic heterocycles. The first-order valence-electron chi connectivity index (χ1n) is 7.30. The van der Waals surface area contributed by atoms with Crippen molar-refractivity contribution in [2.75, 3.05) is 24.5 Å². The Morgan fingerprint density at radius 3 is 2.74 bits per heavy atom. The third kappa shape index (κ3) is 3.35. The van der Waals surface area contributed by atoms with Crippen LogP contribution in [0.3, 0.4) is 0 Å². The van der Waals surface area contributed by atoms with E-state index in [0.717, 1.165) is 45.4 Å². The molecule has 0 aromatic carbocycles. The molecule has 5 nitrogen and oxygen atoms in total. The maximum absolute atomic E-state index is 12.3. The van der Waals surface area contributed by atoms with Crippen molar-refractivity contribution in [2.24, 2.45) is 0 Å². The molecular weight excluding hydrogens is 240 g/mol. The highest BCUT2D eigenvalue weighted by molar-refractivity contribution is 5.36. The quantitative estimate of drug-likeness (QED) is 0.869. The minimum absolute atomic E-state index is 0.0475. The normalized spacial score (nSPS) is 16.8. The Morgan fingerprint density at radius 1 is 1.37 bits per heavy atom. The summed E-state index contributed by atoms with van der Waals surface area (Å²) < 4.78 is 1.76. The van der Waals surface area contributed by atoms with Crippen molar-refractivity contribution in [2.45, 2.75) is 45.7 Å². The summed E-state index contributed by atoms with van der Waals surface area (Å²) in [7, 11) is 0. The summed E-state index contributed by atoms with van der Waals surface area (Å²) in [6, 6.07) is 0.586. The zero-order valence-corrected chi connectivity index (χ0v) is 11.9. The number of nitrogens with one attached hydrogen (secondary N) is 1. The lowest BCUT2D eigenvalue weighted by molar-refractivity contribution is 0.421. The van der Waals surface area contributed by atoms with Crippen LogP contribution in [0.1, 0.15) is 33.1 Å². The smallest absolute Gasteiger partial charge is 0.293 e. The molecule has 5 heteroatoms. The number of hydrogen-bond donors (Lipinski definition) is 1. The fourth-order valence-corrected chi connectivity index (χ4v) is 2.65. The standard InChI is InChI=1S/C14H24N4O/c1-3-8-18-11-7-16-13(14(18)19)17-9-5-12(6-10-17)15-4-2/h7,11-12,15H,3-6,8-10H2,1-2H3. The number of aryl methyl sites for hydroxylation is 1. The van der Waals surface area contributed by atoms with Crippen LogP contribution < -0.4 is 15.8 Å². The predicted octanol–water partition coefficient (Wildman–Crippen LogP) is 1.23. The van der Waals surface area contributed by atoms with Crippen LogP contribution in [0, 0.1) is 0 Å². The first-order valence-corrected chi connectivity index (χ1v) is 7.30. The summed E-state index contributed by atoms with van der Waals surface area (Å²) in [5, 5.41) is 3.47. The van der Waals surface area contributed by atoms with E-state index >= 15 is 0 Å². The second-order valence-electron chi connectivity index (χ2n) is 5.07. The molecule has 1 N–H and O–H groups in total. The third-order valence-corrected chi connectivity index (χ3v) is 3.65. The van der Waals surface area contributed by atoms with Gasteiger partial charge in [-0.2, -0.15) is 0 Å². The lowest BCUT2D eigenvalue weighted by atomic mass is 10.1. The molecule has 19 heavy (non-hydrogen) atoms. The topological polar surface area (TPSA) is 50.2 Å². The van der Waals surface area contributed by atoms with Gasteiger partial charge in [0.25, 0.3) is 5.56 Å². The lowest BCUT2D eigenvalue weighted by Gasteiger charge is -2.32. The SMILES string of the molecule is CCCn1ccnc(N2CCC(NCC)CC2)c1=O. The van der Waals surface area contributed by atoms with E-state index in [1.165, 1.54) is 0 Å². The summed E-state index contributed by atoms with van der Waals surface area (Å²) in [4.78, 5) is 18.7. The molecule has 1 aromatic rings. The zero-order chi connectivity index (χ0) is 13.7. The van der Waals surface area contributed by atoms with Crippen LogP contribution in [0.2, 0.25) is 0 Å². The minimum atomic E-state index is 0.0475. The molecule has 2 heterocycles. The van der Waals surface area contributed by atoms with E-state index in [9.17, 15) is 4.79 Å². The molecular formula is C14H24N4O. The Labute approximate surface area is 114 Å². The van der Waals surface area contributed by atoms with Crippen LogP contribution in [0.15, 0.2) is 17.2 Å². The number of piperidine rings is 1. The zero-order valence-electron chi connectivity index (χ0n) is 11.9. The summed E-state index contributed by atoms with van der Waals surface area (Å²) in [5.41, 5.74) is 0.0475. The molecule has 2 rings (SSSR count). The molecule has 106 valence electrons. The number of aromatic nitrogens is 2. The highest BCUT2D eigenvalue weighted by Crippen LogP contribution is 2.14. The molecule has 0 spiro atoms. The van der Waals surface area contributed by atoms with Gasteiger partial charge in [-0.3, -0.25) is 4.79 Å². The van der Waals surface area contributed by atoms with Crippen molar-refractivity contribution in [3.63, 3.8) is 0 Å². The highest BCUT2D eigenvalue weighted by Gasteiger charge is 2.21. The van der Waals surface area contributed by atoms with E-state index in [1.54, 1.807) is 17.0 Å². The van der Waals surface area contributed by atoms with Gasteiger partial charge in [-0.25, -0.2) is 4.98 Å². The first-order chi connectivity index (χ1) is 9.26. The van der Waals surface area contributed by atoms with Gasteiger partial charge in [-0.1, -0.05) is 13.8 Å². The molecule has 0 aliphatic carbocycles. The largest absolute Gasteiger partial charge is 0.352 e. The van der Waals surface area contributed by atoms with Gasteiger partial charge in [-0.15, -0.1) is 0 Å². The molecule has 1 aliphatic heterocycles. The van der Waals surface area contributed by atoms with Gasteiger partial charge >= 0.3 is 0 Å². The fourth-order valence-electron chi connectivity index (χ4n) is 2.65. The Balaban J connectivity index is 2.07. The fraction of sp³-hybridized carbons (Fsp3) is 0.714. The third-order valence-electron chi connectivity index (χ3n) is 3.65. The molecule has 1 saturated heterocycles. The molecule has 0 amide bonds. The number of nitrogens with zero attached hydrogens (tertiary/aromatic N) is 3.